The van der Waals surface area contributed by atoms with Gasteiger partial charge in [0.05, 0.1) is 30.8 Å². The molecular formula is C18H31N3O5Si. The number of nitro groups is 1. The Labute approximate surface area is 161 Å². The lowest BCUT2D eigenvalue weighted by Gasteiger charge is -2.36. The van der Waals surface area contributed by atoms with Crippen LogP contribution in [-0.2, 0) is 9.16 Å². The molecule has 0 N–H and O–H groups in total. The molecule has 2 fully saturated rings. The molecule has 3 rings (SSSR count). The Bertz CT molecular complexity index is 703. The van der Waals surface area contributed by atoms with Crippen LogP contribution in [0.3, 0.4) is 0 Å². The lowest BCUT2D eigenvalue weighted by molar-refractivity contribution is -0.386. The van der Waals surface area contributed by atoms with Crippen molar-refractivity contribution in [1.29, 1.82) is 0 Å². The summed E-state index contributed by atoms with van der Waals surface area (Å²) in [4.78, 5) is 11.1. The molecular weight excluding hydrogens is 366 g/mol. The van der Waals surface area contributed by atoms with E-state index in [1.54, 1.807) is 11.6 Å². The minimum Gasteiger partial charge on any atom is -0.472 e. The minimum absolute atomic E-state index is 0.0220. The maximum atomic E-state index is 11.5. The van der Waals surface area contributed by atoms with Crippen molar-refractivity contribution < 1.29 is 18.8 Å². The Hall–Kier alpha value is -1.45. The number of fused-ring (bicyclic) bond motifs is 1. The van der Waals surface area contributed by atoms with E-state index in [2.05, 4.69) is 39.0 Å². The van der Waals surface area contributed by atoms with E-state index >= 15 is 0 Å². The van der Waals surface area contributed by atoms with Crippen LogP contribution in [0.25, 0.3) is 0 Å². The standard InChI is InChI=1S/C18H31N3O5Si/c1-12-15(21(22)23)17(19-20(12)16-13-10-24-11-14(13)16)25-8-7-9-26-27(5,6)18(2,3)4/h13-14,16H,7-11H2,1-6H3. The van der Waals surface area contributed by atoms with Gasteiger partial charge in [-0.05, 0) is 25.1 Å². The highest BCUT2D eigenvalue weighted by molar-refractivity contribution is 6.74. The highest BCUT2D eigenvalue weighted by Crippen LogP contribution is 2.55. The number of nitrogens with zero attached hydrogens (tertiary/aromatic N) is 3. The lowest BCUT2D eigenvalue weighted by Crippen LogP contribution is -2.41. The number of rotatable bonds is 8. The van der Waals surface area contributed by atoms with Gasteiger partial charge in [0, 0.05) is 24.9 Å². The minimum atomic E-state index is -1.78. The quantitative estimate of drug-likeness (QED) is 0.287. The van der Waals surface area contributed by atoms with Crippen LogP contribution in [0.5, 0.6) is 5.88 Å². The van der Waals surface area contributed by atoms with Gasteiger partial charge in [-0.15, -0.1) is 5.10 Å². The molecule has 1 aliphatic carbocycles. The van der Waals surface area contributed by atoms with E-state index in [0.717, 1.165) is 0 Å². The second-order valence-corrected chi connectivity index (χ2v) is 13.9. The van der Waals surface area contributed by atoms with Crippen LogP contribution in [0.1, 0.15) is 38.9 Å². The molecule has 0 spiro atoms. The molecule has 1 aromatic rings. The highest BCUT2D eigenvalue weighted by atomic mass is 28.4. The first-order valence-electron chi connectivity index (χ1n) is 9.62. The molecule has 2 heterocycles. The van der Waals surface area contributed by atoms with Crippen LogP contribution in [0, 0.1) is 28.9 Å². The van der Waals surface area contributed by atoms with Crippen LogP contribution >= 0.6 is 0 Å². The van der Waals surface area contributed by atoms with Crippen molar-refractivity contribution in [3.05, 3.63) is 15.8 Å². The Morgan fingerprint density at radius 2 is 1.93 bits per heavy atom. The molecule has 2 unspecified atom stereocenters. The van der Waals surface area contributed by atoms with E-state index in [1.165, 1.54) is 0 Å². The van der Waals surface area contributed by atoms with E-state index in [0.29, 0.717) is 50.4 Å². The average Bonchev–Trinajstić information content (AvgIpc) is 2.90. The van der Waals surface area contributed by atoms with E-state index < -0.39 is 13.2 Å². The van der Waals surface area contributed by atoms with Gasteiger partial charge in [-0.3, -0.25) is 14.8 Å². The van der Waals surface area contributed by atoms with Gasteiger partial charge in [0.15, 0.2) is 8.32 Å². The van der Waals surface area contributed by atoms with Crippen molar-refractivity contribution in [2.24, 2.45) is 11.8 Å². The predicted molar refractivity (Wildman–Crippen MR) is 104 cm³/mol. The third-order valence-corrected chi connectivity index (χ3v) is 10.8. The molecule has 2 atom stereocenters. The van der Waals surface area contributed by atoms with Crippen LogP contribution < -0.4 is 4.74 Å². The first-order chi connectivity index (χ1) is 12.5. The van der Waals surface area contributed by atoms with Crippen molar-refractivity contribution in [2.45, 2.75) is 58.3 Å². The van der Waals surface area contributed by atoms with Crippen molar-refractivity contribution in [3.63, 3.8) is 0 Å². The van der Waals surface area contributed by atoms with E-state index in [9.17, 15) is 10.1 Å². The first kappa shape index (κ1) is 20.3. The van der Waals surface area contributed by atoms with Crippen LogP contribution in [-0.4, -0.2) is 49.4 Å². The largest absolute Gasteiger partial charge is 0.472 e. The summed E-state index contributed by atoms with van der Waals surface area (Å²) in [5, 5.41) is 16.1. The smallest absolute Gasteiger partial charge is 0.352 e. The summed E-state index contributed by atoms with van der Waals surface area (Å²) in [5.74, 6) is 0.971. The lowest BCUT2D eigenvalue weighted by atomic mass is 10.2. The second-order valence-electron chi connectivity index (χ2n) is 9.11. The summed E-state index contributed by atoms with van der Waals surface area (Å²) >= 11 is 0. The fraction of sp³-hybridized carbons (Fsp3) is 0.833. The summed E-state index contributed by atoms with van der Waals surface area (Å²) in [6, 6.07) is 0.205. The average molecular weight is 398 g/mol. The zero-order valence-electron chi connectivity index (χ0n) is 17.2. The first-order valence-corrected chi connectivity index (χ1v) is 12.5. The molecule has 8 nitrogen and oxygen atoms in total. The SMILES string of the molecule is Cc1c([N+](=O)[O-])c(OCCCO[Si](C)(C)C(C)(C)C)nn1C1C2COCC21. The number of aromatic nitrogens is 2. The van der Waals surface area contributed by atoms with Gasteiger partial charge in [0.1, 0.15) is 5.69 Å². The number of hydrogen-bond acceptors (Lipinski definition) is 6. The Balaban J connectivity index is 1.58. The van der Waals surface area contributed by atoms with Crippen molar-refractivity contribution in [1.82, 2.24) is 9.78 Å². The summed E-state index contributed by atoms with van der Waals surface area (Å²) in [7, 11) is -1.78. The summed E-state index contributed by atoms with van der Waals surface area (Å²) in [5.41, 5.74) is 0.540. The van der Waals surface area contributed by atoms with E-state index in [1.807, 2.05) is 0 Å². The molecule has 0 radical (unpaired) electrons. The molecule has 27 heavy (non-hydrogen) atoms. The topological polar surface area (TPSA) is 88.7 Å². The highest BCUT2D eigenvalue weighted by Gasteiger charge is 2.57. The van der Waals surface area contributed by atoms with Gasteiger partial charge in [-0.2, -0.15) is 0 Å². The van der Waals surface area contributed by atoms with Gasteiger partial charge in [0.25, 0.3) is 0 Å². The molecule has 1 aromatic heterocycles. The normalized spacial score (nSPS) is 24.7. The number of ether oxygens (including phenoxy) is 2. The molecule has 0 aromatic carbocycles. The van der Waals surface area contributed by atoms with Crippen molar-refractivity contribution in [2.75, 3.05) is 26.4 Å². The molecule has 2 aliphatic rings. The third kappa shape index (κ3) is 3.90. The van der Waals surface area contributed by atoms with E-state index in [-0.39, 0.29) is 22.6 Å². The fourth-order valence-electron chi connectivity index (χ4n) is 3.42. The van der Waals surface area contributed by atoms with Crippen LogP contribution in [0.4, 0.5) is 5.69 Å². The summed E-state index contributed by atoms with van der Waals surface area (Å²) in [6.07, 6.45) is 0.679. The molecule has 0 amide bonds. The van der Waals surface area contributed by atoms with Crippen LogP contribution in [0.2, 0.25) is 18.1 Å². The van der Waals surface area contributed by atoms with Gasteiger partial charge in [-0.1, -0.05) is 20.8 Å². The zero-order valence-corrected chi connectivity index (χ0v) is 18.2. The second kappa shape index (κ2) is 7.18. The Morgan fingerprint density at radius 3 is 2.48 bits per heavy atom. The van der Waals surface area contributed by atoms with Crippen LogP contribution in [0.15, 0.2) is 0 Å². The molecule has 152 valence electrons. The predicted octanol–water partition coefficient (Wildman–Crippen LogP) is 3.71. The maximum Gasteiger partial charge on any atom is 0.352 e. The van der Waals surface area contributed by atoms with Gasteiger partial charge < -0.3 is 13.9 Å². The zero-order chi connectivity index (χ0) is 20.0. The van der Waals surface area contributed by atoms with Crippen molar-refractivity contribution >= 4 is 14.0 Å². The van der Waals surface area contributed by atoms with Gasteiger partial charge in [0.2, 0.25) is 0 Å². The molecule has 1 saturated carbocycles. The molecule has 9 heteroatoms. The Morgan fingerprint density at radius 1 is 1.30 bits per heavy atom. The van der Waals surface area contributed by atoms with Crippen molar-refractivity contribution in [3.8, 4) is 5.88 Å². The Kier molecular flexibility index (Phi) is 5.39. The number of hydrogen-bond donors (Lipinski definition) is 0. The third-order valence-electron chi connectivity index (χ3n) is 6.26. The van der Waals surface area contributed by atoms with Gasteiger partial charge in [-0.25, -0.2) is 0 Å². The summed E-state index contributed by atoms with van der Waals surface area (Å²) in [6.45, 7) is 15.1. The molecule has 1 saturated heterocycles. The molecule has 0 bridgehead atoms. The van der Waals surface area contributed by atoms with E-state index in [4.69, 9.17) is 13.9 Å². The maximum absolute atomic E-state index is 11.5. The summed E-state index contributed by atoms with van der Waals surface area (Å²) < 4.78 is 19.0. The monoisotopic (exact) mass is 397 g/mol. The van der Waals surface area contributed by atoms with Gasteiger partial charge >= 0.3 is 11.6 Å². The fourth-order valence-corrected chi connectivity index (χ4v) is 4.51. The molecule has 1 aliphatic heterocycles.